The summed E-state index contributed by atoms with van der Waals surface area (Å²) in [7, 11) is 0. The fourth-order valence-corrected chi connectivity index (χ4v) is 2.48. The van der Waals surface area contributed by atoms with Gasteiger partial charge in [0.05, 0.1) is 12.2 Å². The van der Waals surface area contributed by atoms with Crippen LogP contribution in [-0.2, 0) is 6.54 Å². The largest absolute Gasteiger partial charge is 0.357 e. The van der Waals surface area contributed by atoms with Crippen LogP contribution in [0.15, 0.2) is 79.0 Å². The summed E-state index contributed by atoms with van der Waals surface area (Å²) in [5, 5.41) is 7.04. The van der Waals surface area contributed by atoms with E-state index in [1.54, 1.807) is 6.20 Å². The van der Waals surface area contributed by atoms with Gasteiger partial charge in [-0.2, -0.15) is 0 Å². The number of aromatic nitrogens is 1. The van der Waals surface area contributed by atoms with Crippen LogP contribution in [0, 0.1) is 0 Å². The Kier molecular flexibility index (Phi) is 4.96. The monoisotopic (exact) mass is 319 g/mol. The van der Waals surface area contributed by atoms with Crippen LogP contribution in [0.3, 0.4) is 0 Å². The van der Waals surface area contributed by atoms with Crippen LogP contribution in [0.2, 0.25) is 0 Å². The first-order valence-electron chi connectivity index (χ1n) is 7.42. The van der Waals surface area contributed by atoms with Gasteiger partial charge in [0, 0.05) is 17.4 Å². The van der Waals surface area contributed by atoms with Crippen molar-refractivity contribution in [2.24, 2.45) is 0 Å². The van der Waals surface area contributed by atoms with E-state index in [1.807, 2.05) is 54.6 Å². The molecule has 0 bridgehead atoms. The second-order valence-electron chi connectivity index (χ2n) is 5.04. The third-order valence-corrected chi connectivity index (χ3v) is 3.66. The first-order valence-corrected chi connectivity index (χ1v) is 7.83. The van der Waals surface area contributed by atoms with Gasteiger partial charge >= 0.3 is 0 Å². The summed E-state index contributed by atoms with van der Waals surface area (Å²) in [5.41, 5.74) is 4.21. The van der Waals surface area contributed by atoms with Crippen molar-refractivity contribution in [3.8, 4) is 11.1 Å². The maximum absolute atomic E-state index is 5.39. The molecule has 2 aromatic carbocycles. The Labute approximate surface area is 141 Å². The lowest BCUT2D eigenvalue weighted by molar-refractivity contribution is 0.882. The molecule has 0 aliphatic heterocycles. The zero-order chi connectivity index (χ0) is 15.9. The summed E-state index contributed by atoms with van der Waals surface area (Å²) in [5.74, 6) is 0. The number of thiocarbonyl (C=S) groups is 1. The normalized spacial score (nSPS) is 10.1. The molecule has 0 atom stereocenters. The lowest BCUT2D eigenvalue weighted by Gasteiger charge is -2.14. The predicted octanol–water partition coefficient (Wildman–Crippen LogP) is 4.24. The molecule has 4 heteroatoms. The molecule has 3 aromatic rings. The number of hydrogen-bond acceptors (Lipinski definition) is 2. The first kappa shape index (κ1) is 15.2. The molecule has 0 aliphatic carbocycles. The van der Waals surface area contributed by atoms with Crippen molar-refractivity contribution >= 4 is 23.0 Å². The minimum atomic E-state index is 0.582. The summed E-state index contributed by atoms with van der Waals surface area (Å²) < 4.78 is 0. The van der Waals surface area contributed by atoms with Gasteiger partial charge in [-0.15, -0.1) is 0 Å². The standard InChI is InChI=1S/C19H17N3S/c23-19(21-14-16-10-6-7-13-20-16)22-18-12-5-4-11-17(18)15-8-2-1-3-9-15/h1-13H,14H2,(H2,21,22,23). The fourth-order valence-electron chi connectivity index (χ4n) is 2.30. The molecular weight excluding hydrogens is 302 g/mol. The van der Waals surface area contributed by atoms with Gasteiger partial charge in [-0.25, -0.2) is 0 Å². The van der Waals surface area contributed by atoms with Gasteiger partial charge in [0.2, 0.25) is 0 Å². The van der Waals surface area contributed by atoms with Crippen molar-refractivity contribution in [2.45, 2.75) is 6.54 Å². The first-order chi connectivity index (χ1) is 11.3. The number of nitrogens with one attached hydrogen (secondary N) is 2. The van der Waals surface area contributed by atoms with E-state index in [4.69, 9.17) is 12.2 Å². The highest BCUT2D eigenvalue weighted by Crippen LogP contribution is 2.27. The Bertz CT molecular complexity index is 773. The highest BCUT2D eigenvalue weighted by Gasteiger charge is 2.05. The minimum absolute atomic E-state index is 0.582. The lowest BCUT2D eigenvalue weighted by Crippen LogP contribution is -2.28. The Morgan fingerprint density at radius 1 is 0.870 bits per heavy atom. The quantitative estimate of drug-likeness (QED) is 0.706. The SMILES string of the molecule is S=C(NCc1ccccn1)Nc1ccccc1-c1ccccc1. The topological polar surface area (TPSA) is 37.0 Å². The van der Waals surface area contributed by atoms with Gasteiger partial charge < -0.3 is 10.6 Å². The predicted molar refractivity (Wildman–Crippen MR) is 99.2 cm³/mol. The smallest absolute Gasteiger partial charge is 0.171 e. The van der Waals surface area contributed by atoms with Crippen molar-refractivity contribution in [1.82, 2.24) is 10.3 Å². The molecule has 0 saturated carbocycles. The summed E-state index contributed by atoms with van der Waals surface area (Å²) in [4.78, 5) is 4.27. The molecule has 2 N–H and O–H groups in total. The van der Waals surface area contributed by atoms with Gasteiger partial charge in [0.1, 0.15) is 0 Å². The van der Waals surface area contributed by atoms with E-state index in [9.17, 15) is 0 Å². The summed E-state index contributed by atoms with van der Waals surface area (Å²) in [6.45, 7) is 0.597. The van der Waals surface area contributed by atoms with E-state index in [0.29, 0.717) is 11.7 Å². The molecule has 0 spiro atoms. The molecule has 3 nitrogen and oxygen atoms in total. The van der Waals surface area contributed by atoms with E-state index in [1.165, 1.54) is 0 Å². The molecule has 0 unspecified atom stereocenters. The van der Waals surface area contributed by atoms with E-state index in [-0.39, 0.29) is 0 Å². The van der Waals surface area contributed by atoms with Crippen LogP contribution in [0.4, 0.5) is 5.69 Å². The second kappa shape index (κ2) is 7.51. The van der Waals surface area contributed by atoms with E-state index >= 15 is 0 Å². The molecule has 23 heavy (non-hydrogen) atoms. The number of nitrogens with zero attached hydrogens (tertiary/aromatic N) is 1. The van der Waals surface area contributed by atoms with Gasteiger partial charge in [-0.3, -0.25) is 4.98 Å². The zero-order valence-corrected chi connectivity index (χ0v) is 13.4. The molecule has 1 aromatic heterocycles. The van der Waals surface area contributed by atoms with Gasteiger partial charge in [0.15, 0.2) is 5.11 Å². The van der Waals surface area contributed by atoms with Crippen LogP contribution in [-0.4, -0.2) is 10.1 Å². The third kappa shape index (κ3) is 4.14. The number of benzene rings is 2. The fraction of sp³-hybridized carbons (Fsp3) is 0.0526. The number of rotatable bonds is 4. The lowest BCUT2D eigenvalue weighted by atomic mass is 10.0. The maximum atomic E-state index is 5.39. The average molecular weight is 319 g/mol. The number of pyridine rings is 1. The Balaban J connectivity index is 1.69. The van der Waals surface area contributed by atoms with Crippen LogP contribution >= 0.6 is 12.2 Å². The Morgan fingerprint density at radius 3 is 2.39 bits per heavy atom. The van der Waals surface area contributed by atoms with Crippen LogP contribution in [0.1, 0.15) is 5.69 Å². The van der Waals surface area contributed by atoms with E-state index in [2.05, 4.69) is 33.8 Å². The van der Waals surface area contributed by atoms with Gasteiger partial charge in [-0.1, -0.05) is 54.6 Å². The number of anilines is 1. The van der Waals surface area contributed by atoms with Gasteiger partial charge in [0.25, 0.3) is 0 Å². The van der Waals surface area contributed by atoms with Gasteiger partial charge in [-0.05, 0) is 36.0 Å². The van der Waals surface area contributed by atoms with Crippen LogP contribution in [0.5, 0.6) is 0 Å². The molecule has 0 fully saturated rings. The second-order valence-corrected chi connectivity index (χ2v) is 5.45. The highest BCUT2D eigenvalue weighted by atomic mass is 32.1. The third-order valence-electron chi connectivity index (χ3n) is 3.42. The average Bonchev–Trinajstić information content (AvgIpc) is 2.62. The van der Waals surface area contributed by atoms with E-state index in [0.717, 1.165) is 22.5 Å². The van der Waals surface area contributed by atoms with Crippen LogP contribution < -0.4 is 10.6 Å². The Morgan fingerprint density at radius 2 is 1.61 bits per heavy atom. The maximum Gasteiger partial charge on any atom is 0.171 e. The number of para-hydroxylation sites is 1. The molecule has 1 heterocycles. The molecular formula is C19H17N3S. The van der Waals surface area contributed by atoms with Crippen molar-refractivity contribution in [3.63, 3.8) is 0 Å². The summed E-state index contributed by atoms with van der Waals surface area (Å²) in [6.07, 6.45) is 1.78. The highest BCUT2D eigenvalue weighted by molar-refractivity contribution is 7.80. The summed E-state index contributed by atoms with van der Waals surface area (Å²) >= 11 is 5.39. The zero-order valence-electron chi connectivity index (χ0n) is 12.6. The van der Waals surface area contributed by atoms with Crippen molar-refractivity contribution in [2.75, 3.05) is 5.32 Å². The van der Waals surface area contributed by atoms with E-state index < -0.39 is 0 Å². The molecule has 0 aliphatic rings. The van der Waals surface area contributed by atoms with Crippen molar-refractivity contribution in [1.29, 1.82) is 0 Å². The molecule has 0 amide bonds. The molecule has 0 radical (unpaired) electrons. The minimum Gasteiger partial charge on any atom is -0.357 e. The molecule has 0 saturated heterocycles. The van der Waals surface area contributed by atoms with Crippen molar-refractivity contribution in [3.05, 3.63) is 84.7 Å². The van der Waals surface area contributed by atoms with Crippen LogP contribution in [0.25, 0.3) is 11.1 Å². The van der Waals surface area contributed by atoms with Crippen molar-refractivity contribution < 1.29 is 0 Å². The Hall–Kier alpha value is -2.72. The molecule has 114 valence electrons. The molecule has 3 rings (SSSR count). The number of hydrogen-bond donors (Lipinski definition) is 2. The summed E-state index contributed by atoms with van der Waals surface area (Å²) in [6, 6.07) is 24.2.